The molecule has 0 spiro atoms. The number of rotatable bonds is 5. The van der Waals surface area contributed by atoms with E-state index in [0.29, 0.717) is 26.1 Å². The maximum atomic E-state index is 13.2. The first kappa shape index (κ1) is 16.7. The standard InChI is InChI=1S/C18H23N3O3/c1-21-13-19-11-16(21)15(12-22)20-17(23)18(7-9-24-10-8-18)14-5-3-2-4-6-14/h2-6,11,13,15,22H,7-10,12H2,1H3,(H,20,23). The van der Waals surface area contributed by atoms with E-state index in [9.17, 15) is 9.90 Å². The highest BCUT2D eigenvalue weighted by Gasteiger charge is 2.42. The van der Waals surface area contributed by atoms with E-state index in [1.54, 1.807) is 17.1 Å². The molecule has 1 amide bonds. The Balaban J connectivity index is 1.88. The minimum absolute atomic E-state index is 0.0720. The largest absolute Gasteiger partial charge is 0.394 e. The normalized spacial score (nSPS) is 18.1. The number of aliphatic hydroxyl groups excluding tert-OH is 1. The van der Waals surface area contributed by atoms with Crippen LogP contribution >= 0.6 is 0 Å². The Bertz CT molecular complexity index is 678. The van der Waals surface area contributed by atoms with Gasteiger partial charge < -0.3 is 19.7 Å². The number of carbonyl (C=O) groups is 1. The monoisotopic (exact) mass is 329 g/mol. The molecule has 128 valence electrons. The van der Waals surface area contributed by atoms with E-state index in [4.69, 9.17) is 4.74 Å². The first-order valence-electron chi connectivity index (χ1n) is 8.19. The van der Waals surface area contributed by atoms with Gasteiger partial charge in [-0.2, -0.15) is 0 Å². The summed E-state index contributed by atoms with van der Waals surface area (Å²) in [5.41, 5.74) is 1.15. The summed E-state index contributed by atoms with van der Waals surface area (Å²) in [5, 5.41) is 12.8. The van der Waals surface area contributed by atoms with Crippen molar-refractivity contribution < 1.29 is 14.6 Å². The number of ether oxygens (including phenoxy) is 1. The van der Waals surface area contributed by atoms with Gasteiger partial charge in [-0.05, 0) is 18.4 Å². The van der Waals surface area contributed by atoms with Crippen molar-refractivity contribution in [3.8, 4) is 0 Å². The van der Waals surface area contributed by atoms with Crippen LogP contribution in [-0.4, -0.2) is 40.4 Å². The Morgan fingerprint density at radius 1 is 1.38 bits per heavy atom. The van der Waals surface area contributed by atoms with Crippen molar-refractivity contribution in [3.63, 3.8) is 0 Å². The van der Waals surface area contributed by atoms with Gasteiger partial charge in [-0.3, -0.25) is 4.79 Å². The van der Waals surface area contributed by atoms with E-state index >= 15 is 0 Å². The number of aliphatic hydroxyl groups is 1. The van der Waals surface area contributed by atoms with Crippen molar-refractivity contribution in [3.05, 3.63) is 54.1 Å². The van der Waals surface area contributed by atoms with Crippen molar-refractivity contribution in [2.75, 3.05) is 19.8 Å². The topological polar surface area (TPSA) is 76.4 Å². The molecule has 6 nitrogen and oxygen atoms in total. The number of imidazole rings is 1. The summed E-state index contributed by atoms with van der Waals surface area (Å²) in [6, 6.07) is 9.34. The van der Waals surface area contributed by atoms with Gasteiger partial charge in [-0.15, -0.1) is 0 Å². The number of aryl methyl sites for hydroxylation is 1. The molecule has 0 bridgehead atoms. The van der Waals surface area contributed by atoms with Crippen LogP contribution in [-0.2, 0) is 22.0 Å². The van der Waals surface area contributed by atoms with Gasteiger partial charge in [0.05, 0.1) is 36.3 Å². The zero-order valence-corrected chi connectivity index (χ0v) is 13.8. The highest BCUT2D eigenvalue weighted by atomic mass is 16.5. The predicted molar refractivity (Wildman–Crippen MR) is 89.4 cm³/mol. The fraction of sp³-hybridized carbons (Fsp3) is 0.444. The van der Waals surface area contributed by atoms with Gasteiger partial charge >= 0.3 is 0 Å². The molecule has 2 heterocycles. The van der Waals surface area contributed by atoms with Crippen LogP contribution < -0.4 is 5.32 Å². The Kier molecular flexibility index (Phi) is 4.97. The van der Waals surface area contributed by atoms with Crippen molar-refractivity contribution in [2.45, 2.75) is 24.3 Å². The molecule has 1 aromatic carbocycles. The van der Waals surface area contributed by atoms with Gasteiger partial charge in [0.2, 0.25) is 5.91 Å². The van der Waals surface area contributed by atoms with E-state index in [-0.39, 0.29) is 12.5 Å². The first-order valence-corrected chi connectivity index (χ1v) is 8.19. The summed E-state index contributed by atoms with van der Waals surface area (Å²) in [4.78, 5) is 17.3. The van der Waals surface area contributed by atoms with Crippen LogP contribution in [0.1, 0.15) is 30.1 Å². The molecule has 1 aliphatic heterocycles. The number of nitrogens with one attached hydrogen (secondary N) is 1. The van der Waals surface area contributed by atoms with Crippen LogP contribution in [0.5, 0.6) is 0 Å². The van der Waals surface area contributed by atoms with E-state index in [1.165, 1.54) is 0 Å². The van der Waals surface area contributed by atoms with Crippen molar-refractivity contribution in [2.24, 2.45) is 7.05 Å². The Morgan fingerprint density at radius 3 is 2.67 bits per heavy atom. The second kappa shape index (κ2) is 7.15. The number of nitrogens with zero attached hydrogens (tertiary/aromatic N) is 2. The minimum Gasteiger partial charge on any atom is -0.394 e. The first-order chi connectivity index (χ1) is 11.7. The molecule has 1 fully saturated rings. The molecule has 0 radical (unpaired) electrons. The van der Waals surface area contributed by atoms with Crippen LogP contribution in [0.2, 0.25) is 0 Å². The molecule has 2 N–H and O–H groups in total. The number of aromatic nitrogens is 2. The Morgan fingerprint density at radius 2 is 2.08 bits per heavy atom. The highest BCUT2D eigenvalue weighted by molar-refractivity contribution is 5.88. The Labute approximate surface area is 141 Å². The fourth-order valence-electron chi connectivity index (χ4n) is 3.34. The summed E-state index contributed by atoms with van der Waals surface area (Å²) < 4.78 is 7.28. The number of amides is 1. The third-order valence-corrected chi connectivity index (χ3v) is 4.81. The van der Waals surface area contributed by atoms with Gasteiger partial charge in [0, 0.05) is 20.3 Å². The zero-order chi connectivity index (χ0) is 17.0. The molecule has 3 rings (SSSR count). The Hall–Kier alpha value is -2.18. The van der Waals surface area contributed by atoms with E-state index in [1.807, 2.05) is 37.4 Å². The lowest BCUT2D eigenvalue weighted by Gasteiger charge is -2.37. The van der Waals surface area contributed by atoms with Crippen LogP contribution in [0.25, 0.3) is 0 Å². The minimum atomic E-state index is -0.620. The summed E-state index contributed by atoms with van der Waals surface area (Å²) >= 11 is 0. The average molecular weight is 329 g/mol. The summed E-state index contributed by atoms with van der Waals surface area (Å²) in [6.45, 7) is 0.933. The van der Waals surface area contributed by atoms with E-state index in [2.05, 4.69) is 10.3 Å². The van der Waals surface area contributed by atoms with E-state index in [0.717, 1.165) is 11.3 Å². The average Bonchev–Trinajstić information content (AvgIpc) is 3.06. The van der Waals surface area contributed by atoms with Crippen LogP contribution in [0.3, 0.4) is 0 Å². The van der Waals surface area contributed by atoms with Crippen molar-refractivity contribution >= 4 is 5.91 Å². The number of hydrogen-bond acceptors (Lipinski definition) is 4. The van der Waals surface area contributed by atoms with E-state index < -0.39 is 11.5 Å². The number of hydrogen-bond donors (Lipinski definition) is 2. The van der Waals surface area contributed by atoms with Gasteiger partial charge in [-0.25, -0.2) is 4.98 Å². The maximum Gasteiger partial charge on any atom is 0.231 e. The van der Waals surface area contributed by atoms with Gasteiger partial charge in [-0.1, -0.05) is 30.3 Å². The molecule has 1 atom stereocenters. The van der Waals surface area contributed by atoms with Crippen LogP contribution in [0.15, 0.2) is 42.9 Å². The SMILES string of the molecule is Cn1cncc1C(CO)NC(=O)C1(c2ccccc2)CCOCC1. The number of carbonyl (C=O) groups excluding carboxylic acids is 1. The molecule has 24 heavy (non-hydrogen) atoms. The van der Waals surface area contributed by atoms with Gasteiger partial charge in [0.1, 0.15) is 0 Å². The third-order valence-electron chi connectivity index (χ3n) is 4.81. The molecule has 6 heteroatoms. The molecular weight excluding hydrogens is 306 g/mol. The second-order valence-electron chi connectivity index (χ2n) is 6.20. The predicted octanol–water partition coefficient (Wildman–Crippen LogP) is 1.32. The fourth-order valence-corrected chi connectivity index (χ4v) is 3.34. The summed E-state index contributed by atoms with van der Waals surface area (Å²) in [7, 11) is 1.85. The highest BCUT2D eigenvalue weighted by Crippen LogP contribution is 2.35. The summed E-state index contributed by atoms with van der Waals surface area (Å²) in [6.07, 6.45) is 4.59. The maximum absolute atomic E-state index is 13.2. The molecule has 2 aromatic rings. The molecule has 1 aromatic heterocycles. The second-order valence-corrected chi connectivity index (χ2v) is 6.20. The molecule has 0 saturated carbocycles. The lowest BCUT2D eigenvalue weighted by molar-refractivity contribution is -0.131. The molecular formula is C18H23N3O3. The lowest BCUT2D eigenvalue weighted by atomic mass is 9.73. The zero-order valence-electron chi connectivity index (χ0n) is 13.8. The van der Waals surface area contributed by atoms with Crippen LogP contribution in [0.4, 0.5) is 0 Å². The molecule has 0 aliphatic carbocycles. The lowest BCUT2D eigenvalue weighted by Crippen LogP contribution is -2.49. The molecule has 1 aliphatic rings. The third kappa shape index (κ3) is 3.07. The van der Waals surface area contributed by atoms with Gasteiger partial charge in [0.25, 0.3) is 0 Å². The summed E-state index contributed by atoms with van der Waals surface area (Å²) in [5.74, 6) is -0.0720. The van der Waals surface area contributed by atoms with Crippen molar-refractivity contribution in [1.82, 2.24) is 14.9 Å². The molecule has 1 saturated heterocycles. The smallest absolute Gasteiger partial charge is 0.231 e. The van der Waals surface area contributed by atoms with Crippen LogP contribution in [0, 0.1) is 0 Å². The molecule has 1 unspecified atom stereocenters. The van der Waals surface area contributed by atoms with Gasteiger partial charge in [0.15, 0.2) is 0 Å². The number of benzene rings is 1. The quantitative estimate of drug-likeness (QED) is 0.867. The van der Waals surface area contributed by atoms with Crippen molar-refractivity contribution in [1.29, 1.82) is 0 Å².